The van der Waals surface area contributed by atoms with Crippen LogP contribution in [-0.4, -0.2) is 23.9 Å². The summed E-state index contributed by atoms with van der Waals surface area (Å²) >= 11 is 6.93. The predicted octanol–water partition coefficient (Wildman–Crippen LogP) is 2.84. The third kappa shape index (κ3) is 2.19. The first-order valence-electron chi connectivity index (χ1n) is 6.50. The molecule has 2 aliphatic rings. The standard InChI is InChI=1S/C14H14Br2N2O2/c1-14(8-5-6-8)13(20)18(7-11(19)17-14)12-9(15)3-2-4-10(12)16/h2-4,8H,5-7H2,1H3,(H,17,19). The summed E-state index contributed by atoms with van der Waals surface area (Å²) in [5, 5.41) is 2.88. The number of hydrogen-bond acceptors (Lipinski definition) is 2. The maximum atomic E-state index is 12.8. The lowest BCUT2D eigenvalue weighted by Crippen LogP contribution is -2.66. The number of carbonyl (C=O) groups is 2. The zero-order chi connectivity index (χ0) is 14.5. The molecule has 3 rings (SSSR count). The zero-order valence-corrected chi connectivity index (χ0v) is 14.1. The Morgan fingerprint density at radius 3 is 2.40 bits per heavy atom. The first-order valence-corrected chi connectivity index (χ1v) is 8.09. The van der Waals surface area contributed by atoms with E-state index >= 15 is 0 Å². The average Bonchev–Trinajstić information content (AvgIpc) is 3.19. The van der Waals surface area contributed by atoms with Gasteiger partial charge in [-0.25, -0.2) is 0 Å². The lowest BCUT2D eigenvalue weighted by molar-refractivity contribution is -0.136. The van der Waals surface area contributed by atoms with Crippen molar-refractivity contribution in [2.45, 2.75) is 25.3 Å². The molecule has 0 bridgehead atoms. The summed E-state index contributed by atoms with van der Waals surface area (Å²) in [7, 11) is 0. The Balaban J connectivity index is 2.04. The fourth-order valence-corrected chi connectivity index (χ4v) is 4.17. The quantitative estimate of drug-likeness (QED) is 0.828. The molecule has 1 unspecified atom stereocenters. The molecule has 1 aromatic rings. The van der Waals surface area contributed by atoms with Crippen LogP contribution in [0.2, 0.25) is 0 Å². The van der Waals surface area contributed by atoms with Crippen LogP contribution >= 0.6 is 31.9 Å². The molecule has 1 saturated carbocycles. The number of hydrogen-bond donors (Lipinski definition) is 1. The van der Waals surface area contributed by atoms with Gasteiger partial charge in [0.05, 0.1) is 5.69 Å². The van der Waals surface area contributed by atoms with Gasteiger partial charge in [-0.1, -0.05) is 6.07 Å². The SMILES string of the molecule is CC1(C2CC2)NC(=O)CN(c2c(Br)cccc2Br)C1=O. The number of halogens is 2. The minimum Gasteiger partial charge on any atom is -0.340 e. The van der Waals surface area contributed by atoms with E-state index in [1.165, 1.54) is 0 Å². The van der Waals surface area contributed by atoms with Crippen molar-refractivity contribution >= 4 is 49.4 Å². The van der Waals surface area contributed by atoms with Gasteiger partial charge in [-0.15, -0.1) is 0 Å². The van der Waals surface area contributed by atoms with E-state index in [-0.39, 0.29) is 24.3 Å². The van der Waals surface area contributed by atoms with Gasteiger partial charge in [0, 0.05) is 8.95 Å². The van der Waals surface area contributed by atoms with Crippen molar-refractivity contribution in [1.29, 1.82) is 0 Å². The fourth-order valence-electron chi connectivity index (χ4n) is 2.74. The maximum absolute atomic E-state index is 12.8. The molecule has 4 nitrogen and oxygen atoms in total. The monoisotopic (exact) mass is 400 g/mol. The van der Waals surface area contributed by atoms with Gasteiger partial charge in [0.1, 0.15) is 12.1 Å². The first kappa shape index (κ1) is 14.1. The normalized spacial score (nSPS) is 26.6. The molecule has 6 heteroatoms. The Morgan fingerprint density at radius 1 is 1.25 bits per heavy atom. The number of para-hydroxylation sites is 1. The third-order valence-electron chi connectivity index (χ3n) is 3.99. The van der Waals surface area contributed by atoms with Crippen molar-refractivity contribution in [3.63, 3.8) is 0 Å². The van der Waals surface area contributed by atoms with Gasteiger partial charge in [-0.2, -0.15) is 0 Å². The number of nitrogens with one attached hydrogen (secondary N) is 1. The second kappa shape index (κ2) is 4.84. The van der Waals surface area contributed by atoms with Crippen molar-refractivity contribution in [2.24, 2.45) is 5.92 Å². The number of carbonyl (C=O) groups excluding carboxylic acids is 2. The van der Waals surface area contributed by atoms with Gasteiger partial charge in [0.25, 0.3) is 5.91 Å². The number of benzene rings is 1. The maximum Gasteiger partial charge on any atom is 0.253 e. The molecule has 1 aliphatic carbocycles. The summed E-state index contributed by atoms with van der Waals surface area (Å²) in [5.41, 5.74) is -0.0523. The molecule has 0 radical (unpaired) electrons. The lowest BCUT2D eigenvalue weighted by Gasteiger charge is -2.40. The minimum atomic E-state index is -0.774. The topological polar surface area (TPSA) is 49.4 Å². The van der Waals surface area contributed by atoms with Crippen molar-refractivity contribution in [3.05, 3.63) is 27.1 Å². The Bertz CT molecular complexity index is 581. The second-order valence-corrected chi connectivity index (χ2v) is 7.20. The van der Waals surface area contributed by atoms with Gasteiger partial charge in [-0.05, 0) is 69.7 Å². The molecule has 1 saturated heterocycles. The van der Waals surface area contributed by atoms with Crippen molar-refractivity contribution in [3.8, 4) is 0 Å². The van der Waals surface area contributed by atoms with Crippen LogP contribution in [0.5, 0.6) is 0 Å². The molecule has 0 aromatic heterocycles. The van der Waals surface area contributed by atoms with E-state index in [1.807, 2.05) is 25.1 Å². The predicted molar refractivity (Wildman–Crippen MR) is 83.5 cm³/mol. The van der Waals surface area contributed by atoms with E-state index in [0.29, 0.717) is 0 Å². The fraction of sp³-hybridized carbons (Fsp3) is 0.429. The Hall–Kier alpha value is -0.880. The van der Waals surface area contributed by atoms with Crippen molar-refractivity contribution < 1.29 is 9.59 Å². The van der Waals surface area contributed by atoms with E-state index in [9.17, 15) is 9.59 Å². The molecule has 2 fully saturated rings. The van der Waals surface area contributed by atoms with E-state index in [1.54, 1.807) is 4.90 Å². The van der Waals surface area contributed by atoms with Crippen LogP contribution in [0.15, 0.2) is 27.1 Å². The van der Waals surface area contributed by atoms with Gasteiger partial charge < -0.3 is 5.32 Å². The molecule has 1 aromatic carbocycles. The molecule has 2 amide bonds. The summed E-state index contributed by atoms with van der Waals surface area (Å²) in [6.45, 7) is 1.89. The summed E-state index contributed by atoms with van der Waals surface area (Å²) in [5.74, 6) is 0.108. The molecule has 106 valence electrons. The van der Waals surface area contributed by atoms with Crippen LogP contribution in [0.25, 0.3) is 0 Å². The minimum absolute atomic E-state index is 0.0350. The summed E-state index contributed by atoms with van der Waals surface area (Å²) in [6, 6.07) is 5.62. The summed E-state index contributed by atoms with van der Waals surface area (Å²) in [6.07, 6.45) is 1.99. The Labute approximate surface area is 134 Å². The smallest absolute Gasteiger partial charge is 0.253 e. The van der Waals surface area contributed by atoms with Crippen LogP contribution in [0, 0.1) is 5.92 Å². The van der Waals surface area contributed by atoms with Crippen LogP contribution in [-0.2, 0) is 9.59 Å². The molecular formula is C14H14Br2N2O2. The van der Waals surface area contributed by atoms with E-state index in [0.717, 1.165) is 27.5 Å². The first-order chi connectivity index (χ1) is 9.43. The summed E-state index contributed by atoms with van der Waals surface area (Å²) in [4.78, 5) is 26.5. The van der Waals surface area contributed by atoms with Crippen LogP contribution in [0.4, 0.5) is 5.69 Å². The highest BCUT2D eigenvalue weighted by Crippen LogP contribution is 2.44. The highest BCUT2D eigenvalue weighted by atomic mass is 79.9. The van der Waals surface area contributed by atoms with Gasteiger partial charge in [0.2, 0.25) is 5.91 Å². The second-order valence-electron chi connectivity index (χ2n) is 5.49. The number of amides is 2. The van der Waals surface area contributed by atoms with Gasteiger partial charge >= 0.3 is 0 Å². The van der Waals surface area contributed by atoms with Crippen LogP contribution in [0.1, 0.15) is 19.8 Å². The molecule has 1 N–H and O–H groups in total. The number of piperazine rings is 1. The highest BCUT2D eigenvalue weighted by Gasteiger charge is 2.53. The van der Waals surface area contributed by atoms with Gasteiger partial charge in [0.15, 0.2) is 0 Å². The van der Waals surface area contributed by atoms with Crippen LogP contribution in [0.3, 0.4) is 0 Å². The summed E-state index contributed by atoms with van der Waals surface area (Å²) < 4.78 is 1.60. The highest BCUT2D eigenvalue weighted by molar-refractivity contribution is 9.11. The molecule has 1 aliphatic heterocycles. The van der Waals surface area contributed by atoms with E-state index < -0.39 is 5.54 Å². The lowest BCUT2D eigenvalue weighted by atomic mass is 9.91. The van der Waals surface area contributed by atoms with Crippen molar-refractivity contribution in [2.75, 3.05) is 11.4 Å². The number of rotatable bonds is 2. The number of anilines is 1. The Morgan fingerprint density at radius 2 is 1.85 bits per heavy atom. The molecular weight excluding hydrogens is 388 g/mol. The largest absolute Gasteiger partial charge is 0.340 e. The molecule has 20 heavy (non-hydrogen) atoms. The third-order valence-corrected chi connectivity index (χ3v) is 5.27. The molecule has 1 heterocycles. The van der Waals surface area contributed by atoms with E-state index in [2.05, 4.69) is 37.2 Å². The average molecular weight is 402 g/mol. The Kier molecular flexibility index (Phi) is 3.41. The van der Waals surface area contributed by atoms with Gasteiger partial charge in [-0.3, -0.25) is 14.5 Å². The zero-order valence-electron chi connectivity index (χ0n) is 11.0. The molecule has 0 spiro atoms. The van der Waals surface area contributed by atoms with Crippen molar-refractivity contribution in [1.82, 2.24) is 5.32 Å². The number of nitrogens with zero attached hydrogens (tertiary/aromatic N) is 1. The van der Waals surface area contributed by atoms with Crippen LogP contribution < -0.4 is 10.2 Å². The molecule has 1 atom stereocenters. The van der Waals surface area contributed by atoms with E-state index in [4.69, 9.17) is 0 Å².